The Labute approximate surface area is 65.2 Å². The molecule has 1 atom stereocenters. The first-order chi connectivity index (χ1) is 4.92. The van der Waals surface area contributed by atoms with E-state index >= 15 is 0 Å². The van der Waals surface area contributed by atoms with Crippen LogP contribution >= 0.6 is 0 Å². The van der Waals surface area contributed by atoms with Gasteiger partial charge in [-0.15, -0.1) is 6.58 Å². The molecular weight excluding hydrogens is 144 g/mol. The van der Waals surface area contributed by atoms with Gasteiger partial charge in [0.2, 0.25) is 11.8 Å². The molecule has 4 heteroatoms. The zero-order valence-electron chi connectivity index (χ0n) is 6.46. The zero-order valence-corrected chi connectivity index (χ0v) is 6.46. The van der Waals surface area contributed by atoms with Gasteiger partial charge in [-0.25, -0.2) is 0 Å². The molecule has 0 heterocycles. The van der Waals surface area contributed by atoms with Crippen LogP contribution in [0.5, 0.6) is 0 Å². The third kappa shape index (κ3) is 2.41. The van der Waals surface area contributed by atoms with Crippen molar-refractivity contribution >= 4 is 11.8 Å². The number of rotatable bonds is 4. The second kappa shape index (κ2) is 3.18. The van der Waals surface area contributed by atoms with E-state index in [1.54, 1.807) is 0 Å². The lowest BCUT2D eigenvalue weighted by atomic mass is 9.86. The van der Waals surface area contributed by atoms with Crippen LogP contribution in [-0.4, -0.2) is 11.8 Å². The highest BCUT2D eigenvalue weighted by atomic mass is 16.2. The molecule has 0 saturated carbocycles. The maximum absolute atomic E-state index is 10.7. The maximum atomic E-state index is 10.7. The molecule has 0 saturated heterocycles. The van der Waals surface area contributed by atoms with Crippen LogP contribution in [-0.2, 0) is 9.59 Å². The number of hydrogen-bond acceptors (Lipinski definition) is 2. The van der Waals surface area contributed by atoms with E-state index in [-0.39, 0.29) is 6.42 Å². The van der Waals surface area contributed by atoms with Crippen molar-refractivity contribution in [2.24, 2.45) is 16.9 Å². The fourth-order valence-corrected chi connectivity index (χ4v) is 0.622. The Kier molecular flexibility index (Phi) is 2.80. The molecule has 0 spiro atoms. The Bertz CT molecular complexity index is 201. The molecule has 1 unspecified atom stereocenters. The van der Waals surface area contributed by atoms with Gasteiger partial charge in [-0.3, -0.25) is 9.59 Å². The van der Waals surface area contributed by atoms with Crippen molar-refractivity contribution in [3.05, 3.63) is 12.7 Å². The fraction of sp³-hybridized carbons (Fsp3) is 0.429. The van der Waals surface area contributed by atoms with Gasteiger partial charge in [-0.05, 0) is 6.92 Å². The predicted molar refractivity (Wildman–Crippen MR) is 41.3 cm³/mol. The third-order valence-electron chi connectivity index (χ3n) is 1.55. The number of hydrogen-bond donors (Lipinski definition) is 2. The van der Waals surface area contributed by atoms with E-state index in [9.17, 15) is 9.59 Å². The van der Waals surface area contributed by atoms with Crippen molar-refractivity contribution in [3.8, 4) is 0 Å². The van der Waals surface area contributed by atoms with E-state index in [2.05, 4.69) is 6.58 Å². The zero-order chi connectivity index (χ0) is 9.07. The molecular formula is C7H12N2O2. The van der Waals surface area contributed by atoms with E-state index < -0.39 is 17.2 Å². The topological polar surface area (TPSA) is 86.2 Å². The standard InChI is InChI=1S/C7H12N2O2/c1-3-7(2,6(9)11)4-5(8)10/h3H,1,4H2,2H3,(H2,8,10)(H2,9,11). The first-order valence-corrected chi connectivity index (χ1v) is 3.14. The van der Waals surface area contributed by atoms with Gasteiger partial charge in [-0.1, -0.05) is 6.08 Å². The summed E-state index contributed by atoms with van der Waals surface area (Å²) >= 11 is 0. The summed E-state index contributed by atoms with van der Waals surface area (Å²) in [6, 6.07) is 0. The van der Waals surface area contributed by atoms with Crippen LogP contribution in [0.3, 0.4) is 0 Å². The van der Waals surface area contributed by atoms with Crippen molar-refractivity contribution in [2.75, 3.05) is 0 Å². The molecule has 0 aliphatic carbocycles. The Morgan fingerprint density at radius 1 is 1.55 bits per heavy atom. The smallest absolute Gasteiger partial charge is 0.227 e. The molecule has 0 aromatic heterocycles. The maximum Gasteiger partial charge on any atom is 0.227 e. The summed E-state index contributed by atoms with van der Waals surface area (Å²) in [4.78, 5) is 21.2. The fourth-order valence-electron chi connectivity index (χ4n) is 0.622. The van der Waals surface area contributed by atoms with Crippen LogP contribution < -0.4 is 11.5 Å². The molecule has 4 nitrogen and oxygen atoms in total. The highest BCUT2D eigenvalue weighted by molar-refractivity contribution is 5.88. The molecule has 0 aromatic rings. The molecule has 0 rings (SSSR count). The average molecular weight is 156 g/mol. The van der Waals surface area contributed by atoms with E-state index in [4.69, 9.17) is 11.5 Å². The van der Waals surface area contributed by atoms with E-state index in [1.165, 1.54) is 13.0 Å². The highest BCUT2D eigenvalue weighted by Crippen LogP contribution is 2.20. The summed E-state index contributed by atoms with van der Waals surface area (Å²) in [5, 5.41) is 0. The van der Waals surface area contributed by atoms with E-state index in [1.807, 2.05) is 0 Å². The SMILES string of the molecule is C=CC(C)(CC(N)=O)C(N)=O. The average Bonchev–Trinajstić information content (AvgIpc) is 1.86. The van der Waals surface area contributed by atoms with Crippen molar-refractivity contribution in [2.45, 2.75) is 13.3 Å². The quantitative estimate of drug-likeness (QED) is 0.539. The van der Waals surface area contributed by atoms with Gasteiger partial charge in [0.1, 0.15) is 0 Å². The van der Waals surface area contributed by atoms with Crippen molar-refractivity contribution in [1.82, 2.24) is 0 Å². The van der Waals surface area contributed by atoms with Gasteiger partial charge in [0, 0.05) is 6.42 Å². The Balaban J connectivity index is 4.47. The van der Waals surface area contributed by atoms with Crippen LogP contribution in [0.4, 0.5) is 0 Å². The molecule has 0 fully saturated rings. The minimum Gasteiger partial charge on any atom is -0.370 e. The van der Waals surface area contributed by atoms with E-state index in [0.29, 0.717) is 0 Å². The molecule has 62 valence electrons. The minimum absolute atomic E-state index is 0.0914. The number of nitrogens with two attached hydrogens (primary N) is 2. The lowest BCUT2D eigenvalue weighted by Crippen LogP contribution is -2.36. The monoisotopic (exact) mass is 156 g/mol. The molecule has 0 bridgehead atoms. The van der Waals surface area contributed by atoms with Crippen molar-refractivity contribution < 1.29 is 9.59 Å². The number of primary amides is 2. The van der Waals surface area contributed by atoms with Crippen molar-refractivity contribution in [1.29, 1.82) is 0 Å². The van der Waals surface area contributed by atoms with Crippen LogP contribution in [0.25, 0.3) is 0 Å². The largest absolute Gasteiger partial charge is 0.370 e. The summed E-state index contributed by atoms with van der Waals surface area (Å²) in [6.07, 6.45) is 1.24. The Morgan fingerprint density at radius 2 is 2.00 bits per heavy atom. The minimum atomic E-state index is -1.01. The van der Waals surface area contributed by atoms with Crippen LogP contribution in [0, 0.1) is 5.41 Å². The summed E-state index contributed by atoms with van der Waals surface area (Å²) in [5.74, 6) is -1.16. The lowest BCUT2D eigenvalue weighted by molar-refractivity contribution is -0.129. The van der Waals surface area contributed by atoms with Gasteiger partial charge in [0.05, 0.1) is 5.41 Å². The normalized spacial score (nSPS) is 15.0. The lowest BCUT2D eigenvalue weighted by Gasteiger charge is -2.18. The molecule has 11 heavy (non-hydrogen) atoms. The van der Waals surface area contributed by atoms with Gasteiger partial charge < -0.3 is 11.5 Å². The molecule has 0 radical (unpaired) electrons. The number of amides is 2. The second-order valence-electron chi connectivity index (χ2n) is 2.63. The first-order valence-electron chi connectivity index (χ1n) is 3.14. The van der Waals surface area contributed by atoms with Crippen LogP contribution in [0.2, 0.25) is 0 Å². The molecule has 0 aliphatic heterocycles. The van der Waals surface area contributed by atoms with Crippen LogP contribution in [0.15, 0.2) is 12.7 Å². The summed E-state index contributed by atoms with van der Waals surface area (Å²) in [7, 11) is 0. The van der Waals surface area contributed by atoms with Crippen LogP contribution in [0.1, 0.15) is 13.3 Å². The van der Waals surface area contributed by atoms with Gasteiger partial charge in [0.15, 0.2) is 0 Å². The summed E-state index contributed by atoms with van der Waals surface area (Å²) in [5.41, 5.74) is 8.90. The van der Waals surface area contributed by atoms with Gasteiger partial charge >= 0.3 is 0 Å². The number of carbonyl (C=O) groups is 2. The third-order valence-corrected chi connectivity index (χ3v) is 1.55. The highest BCUT2D eigenvalue weighted by Gasteiger charge is 2.29. The van der Waals surface area contributed by atoms with E-state index in [0.717, 1.165) is 0 Å². The number of carbonyl (C=O) groups excluding carboxylic acids is 2. The van der Waals surface area contributed by atoms with Gasteiger partial charge in [0.25, 0.3) is 0 Å². The molecule has 2 amide bonds. The molecule has 0 aromatic carbocycles. The van der Waals surface area contributed by atoms with Crippen molar-refractivity contribution in [3.63, 3.8) is 0 Å². The predicted octanol–water partition coefficient (Wildman–Crippen LogP) is -0.461. The Morgan fingerprint density at radius 3 is 2.09 bits per heavy atom. The van der Waals surface area contributed by atoms with Gasteiger partial charge in [-0.2, -0.15) is 0 Å². The second-order valence-corrected chi connectivity index (χ2v) is 2.63. The molecule has 4 N–H and O–H groups in total. The summed E-state index contributed by atoms with van der Waals surface area (Å²) in [6.45, 7) is 4.92. The molecule has 0 aliphatic rings. The Hall–Kier alpha value is -1.32. The first kappa shape index (κ1) is 9.68. The summed E-state index contributed by atoms with van der Waals surface area (Å²) < 4.78 is 0.